The van der Waals surface area contributed by atoms with Crippen LogP contribution in [-0.2, 0) is 14.6 Å². The smallest absolute Gasteiger partial charge is 0.175 e. The SMILES string of the molecule is CS(=O)(=O)c1ccc(/C(C=P)=C(/C=O)C2=CCC=CC=C2)cc1. The molecule has 0 saturated carbocycles. The van der Waals surface area contributed by atoms with E-state index in [4.69, 9.17) is 0 Å². The molecule has 1 aromatic rings. The molecule has 0 saturated heterocycles. The number of aldehydes is 1. The van der Waals surface area contributed by atoms with Gasteiger partial charge in [0, 0.05) is 11.8 Å². The molecule has 0 atom stereocenters. The van der Waals surface area contributed by atoms with Gasteiger partial charge in [0.25, 0.3) is 0 Å². The number of allylic oxidation sites excluding steroid dienone is 8. The highest BCUT2D eigenvalue weighted by molar-refractivity contribution is 7.90. The molecule has 0 spiro atoms. The summed E-state index contributed by atoms with van der Waals surface area (Å²) in [7, 11) is 0.123. The molecule has 0 N–H and O–H groups in total. The van der Waals surface area contributed by atoms with E-state index in [0.29, 0.717) is 11.1 Å². The van der Waals surface area contributed by atoms with Crippen molar-refractivity contribution in [1.82, 2.24) is 0 Å². The van der Waals surface area contributed by atoms with Crippen molar-refractivity contribution in [1.29, 1.82) is 0 Å². The lowest BCUT2D eigenvalue weighted by atomic mass is 9.96. The van der Waals surface area contributed by atoms with E-state index >= 15 is 0 Å². The van der Waals surface area contributed by atoms with Gasteiger partial charge in [0.15, 0.2) is 16.1 Å². The Bertz CT molecular complexity index is 839. The third-order valence-corrected chi connectivity index (χ3v) is 4.87. The van der Waals surface area contributed by atoms with E-state index in [9.17, 15) is 13.2 Å². The van der Waals surface area contributed by atoms with E-state index < -0.39 is 9.84 Å². The predicted octanol–water partition coefficient (Wildman–Crippen LogP) is 3.43. The van der Waals surface area contributed by atoms with Crippen molar-refractivity contribution in [2.75, 3.05) is 6.26 Å². The van der Waals surface area contributed by atoms with Gasteiger partial charge in [0.1, 0.15) is 0 Å². The normalized spacial score (nSPS) is 15.4. The van der Waals surface area contributed by atoms with Crippen molar-refractivity contribution in [3.05, 3.63) is 71.4 Å². The molecule has 0 heterocycles. The number of hydrogen-bond donors (Lipinski definition) is 0. The highest BCUT2D eigenvalue weighted by atomic mass is 32.2. The molecule has 0 unspecified atom stereocenters. The number of benzene rings is 1. The van der Waals surface area contributed by atoms with Crippen LogP contribution in [0, 0.1) is 0 Å². The lowest BCUT2D eigenvalue weighted by Crippen LogP contribution is -1.99. The average molecular weight is 344 g/mol. The first-order valence-electron chi connectivity index (χ1n) is 7.01. The highest BCUT2D eigenvalue weighted by Crippen LogP contribution is 2.25. The number of carbonyl (C=O) groups excluding carboxylic acids is 1. The minimum atomic E-state index is -3.24. The van der Waals surface area contributed by atoms with Gasteiger partial charge in [0.2, 0.25) is 0 Å². The van der Waals surface area contributed by atoms with Crippen LogP contribution in [0.25, 0.3) is 5.57 Å². The number of hydrogen-bond acceptors (Lipinski definition) is 3. The van der Waals surface area contributed by atoms with Crippen LogP contribution < -0.4 is 0 Å². The Morgan fingerprint density at radius 3 is 2.39 bits per heavy atom. The molecule has 1 aromatic carbocycles. The Labute approximate surface area is 138 Å². The fourth-order valence-corrected chi connectivity index (χ4v) is 3.22. The van der Waals surface area contributed by atoms with Gasteiger partial charge in [-0.25, -0.2) is 8.42 Å². The van der Waals surface area contributed by atoms with Crippen LogP contribution in [0.5, 0.6) is 0 Å². The predicted molar refractivity (Wildman–Crippen MR) is 97.9 cm³/mol. The molecule has 2 rings (SSSR count). The minimum absolute atomic E-state index is 0.250. The Hall–Kier alpha value is -2.03. The quantitative estimate of drug-likeness (QED) is 0.467. The molecule has 1 aliphatic carbocycles. The van der Waals surface area contributed by atoms with Gasteiger partial charge in [-0.1, -0.05) is 42.5 Å². The molecular formula is C18H17O3PS. The van der Waals surface area contributed by atoms with Gasteiger partial charge < -0.3 is 0 Å². The molecule has 1 aliphatic rings. The maximum Gasteiger partial charge on any atom is 0.175 e. The Balaban J connectivity index is 2.53. The summed E-state index contributed by atoms with van der Waals surface area (Å²) >= 11 is 0. The van der Waals surface area contributed by atoms with Crippen LogP contribution in [0.15, 0.2) is 70.7 Å². The number of carbonyl (C=O) groups is 1. The van der Waals surface area contributed by atoms with E-state index in [-0.39, 0.29) is 4.90 Å². The molecular weight excluding hydrogens is 327 g/mol. The lowest BCUT2D eigenvalue weighted by molar-refractivity contribution is -0.104. The second-order valence-electron chi connectivity index (χ2n) is 5.07. The topological polar surface area (TPSA) is 51.2 Å². The fourth-order valence-electron chi connectivity index (χ4n) is 2.26. The summed E-state index contributed by atoms with van der Waals surface area (Å²) in [6, 6.07) is 6.49. The Morgan fingerprint density at radius 1 is 1.13 bits per heavy atom. The molecule has 0 fully saturated rings. The zero-order chi connectivity index (χ0) is 16.9. The largest absolute Gasteiger partial charge is 0.298 e. The van der Waals surface area contributed by atoms with E-state index in [1.807, 2.05) is 30.4 Å². The van der Waals surface area contributed by atoms with Crippen molar-refractivity contribution in [2.45, 2.75) is 11.3 Å². The molecule has 23 heavy (non-hydrogen) atoms. The molecule has 0 aromatic heterocycles. The summed E-state index contributed by atoms with van der Waals surface area (Å²) in [5.74, 6) is 1.67. The van der Waals surface area contributed by atoms with Gasteiger partial charge in [0.05, 0.1) is 4.90 Å². The highest BCUT2D eigenvalue weighted by Gasteiger charge is 2.12. The van der Waals surface area contributed by atoms with Crippen LogP contribution >= 0.6 is 8.86 Å². The number of sulfone groups is 1. The standard InChI is InChI=1S/C18H17O3PS/c1-23(20,21)16-10-8-15(9-11-16)18(13-22)17(12-19)14-6-4-2-3-5-7-14/h2-4,6-13,22H,5H2,1H3/b18-17-. The summed E-state index contributed by atoms with van der Waals surface area (Å²) in [5.41, 5.74) is 2.85. The minimum Gasteiger partial charge on any atom is -0.298 e. The van der Waals surface area contributed by atoms with Gasteiger partial charge in [-0.15, -0.1) is 8.86 Å². The molecule has 5 heteroatoms. The summed E-state index contributed by atoms with van der Waals surface area (Å²) in [4.78, 5) is 11.9. The summed E-state index contributed by atoms with van der Waals surface area (Å²) in [6.45, 7) is 0. The summed E-state index contributed by atoms with van der Waals surface area (Å²) in [5, 5.41) is 0. The zero-order valence-electron chi connectivity index (χ0n) is 12.7. The summed E-state index contributed by atoms with van der Waals surface area (Å²) in [6.07, 6.45) is 12.4. The van der Waals surface area contributed by atoms with E-state index in [1.54, 1.807) is 30.1 Å². The Morgan fingerprint density at radius 2 is 1.83 bits per heavy atom. The van der Waals surface area contributed by atoms with Gasteiger partial charge in [-0.2, -0.15) is 0 Å². The molecule has 118 valence electrons. The van der Waals surface area contributed by atoms with Crippen molar-refractivity contribution >= 4 is 36.4 Å². The van der Waals surface area contributed by atoms with Gasteiger partial charge >= 0.3 is 0 Å². The van der Waals surface area contributed by atoms with E-state index in [0.717, 1.165) is 23.8 Å². The third kappa shape index (κ3) is 4.25. The third-order valence-electron chi connectivity index (χ3n) is 3.45. The van der Waals surface area contributed by atoms with Gasteiger partial charge in [-0.05, 0) is 41.1 Å². The Kier molecular flexibility index (Phi) is 5.64. The van der Waals surface area contributed by atoms with Gasteiger partial charge in [-0.3, -0.25) is 4.79 Å². The zero-order valence-corrected chi connectivity index (χ0v) is 14.5. The van der Waals surface area contributed by atoms with Crippen molar-refractivity contribution in [2.24, 2.45) is 0 Å². The van der Waals surface area contributed by atoms with Crippen molar-refractivity contribution < 1.29 is 13.2 Å². The molecule has 0 bridgehead atoms. The molecule has 3 nitrogen and oxygen atoms in total. The molecule has 0 aliphatic heterocycles. The van der Waals surface area contributed by atoms with Crippen LogP contribution in [-0.4, -0.2) is 26.8 Å². The average Bonchev–Trinajstić information content (AvgIpc) is 2.81. The first-order valence-corrected chi connectivity index (χ1v) is 9.48. The first-order chi connectivity index (χ1) is 11.0. The number of rotatable bonds is 5. The maximum atomic E-state index is 11.6. The van der Waals surface area contributed by atoms with Crippen molar-refractivity contribution in [3.8, 4) is 0 Å². The van der Waals surface area contributed by atoms with Crippen LogP contribution in [0.1, 0.15) is 12.0 Å². The van der Waals surface area contributed by atoms with Crippen molar-refractivity contribution in [3.63, 3.8) is 0 Å². The van der Waals surface area contributed by atoms with Crippen LogP contribution in [0.4, 0.5) is 0 Å². The fraction of sp³-hybridized carbons (Fsp3) is 0.111. The lowest BCUT2D eigenvalue weighted by Gasteiger charge is -2.09. The monoisotopic (exact) mass is 344 g/mol. The second-order valence-corrected chi connectivity index (χ2v) is 7.37. The first kappa shape index (κ1) is 17.3. The second kappa shape index (κ2) is 7.49. The molecule has 0 amide bonds. The summed E-state index contributed by atoms with van der Waals surface area (Å²) < 4.78 is 23.1. The molecule has 0 radical (unpaired) electrons. The van der Waals surface area contributed by atoms with E-state index in [2.05, 4.69) is 8.86 Å². The van der Waals surface area contributed by atoms with Crippen LogP contribution in [0.2, 0.25) is 0 Å². The van der Waals surface area contributed by atoms with Crippen LogP contribution in [0.3, 0.4) is 0 Å². The maximum absolute atomic E-state index is 11.6. The van der Waals surface area contributed by atoms with E-state index in [1.165, 1.54) is 6.26 Å².